The zero-order chi connectivity index (χ0) is 9.28. The van der Waals surface area contributed by atoms with Crippen molar-refractivity contribution in [1.29, 1.82) is 0 Å². The van der Waals surface area contributed by atoms with Crippen LogP contribution in [-0.2, 0) is 4.79 Å². The topological polar surface area (TPSA) is 72.3 Å². The second kappa shape index (κ2) is 9.13. The molecule has 0 aliphatic carbocycles. The van der Waals surface area contributed by atoms with Crippen molar-refractivity contribution in [2.45, 2.75) is 13.3 Å². The summed E-state index contributed by atoms with van der Waals surface area (Å²) in [6, 6.07) is 0. The number of nitrogens with two attached hydrogens (primary N) is 2. The first-order valence-corrected chi connectivity index (χ1v) is 3.43. The molecule has 0 aliphatic heterocycles. The van der Waals surface area contributed by atoms with Crippen LogP contribution in [0.15, 0.2) is 12.7 Å². The third-order valence-corrected chi connectivity index (χ3v) is 1.11. The third-order valence-electron chi connectivity index (χ3n) is 1.11. The number of nitrogens with zero attached hydrogens (tertiary/aromatic N) is 1. The van der Waals surface area contributed by atoms with Crippen molar-refractivity contribution >= 4 is 5.91 Å². The molecule has 0 saturated heterocycles. The maximum absolute atomic E-state index is 10.7. The van der Waals surface area contributed by atoms with Crippen LogP contribution in [0.3, 0.4) is 0 Å². The molecule has 0 unspecified atom stereocenters. The summed E-state index contributed by atoms with van der Waals surface area (Å²) in [5.74, 6) is 8.00. The molecule has 4 nitrogen and oxygen atoms in total. The lowest BCUT2D eigenvalue weighted by molar-refractivity contribution is -0.124. The molecule has 0 fully saturated rings. The van der Waals surface area contributed by atoms with Crippen LogP contribution in [0.5, 0.6) is 0 Å². The Morgan fingerprint density at radius 3 is 2.36 bits per heavy atom. The number of hydrogen-bond donors (Lipinski definition) is 2. The van der Waals surface area contributed by atoms with Gasteiger partial charge in [0.2, 0.25) is 5.91 Å². The minimum atomic E-state index is -0.00292. The lowest BCUT2D eigenvalue weighted by Crippen LogP contribution is -2.24. The molecule has 66 valence electrons. The van der Waals surface area contributed by atoms with Gasteiger partial charge in [0.25, 0.3) is 0 Å². The summed E-state index contributed by atoms with van der Waals surface area (Å²) in [4.78, 5) is 12.4. The van der Waals surface area contributed by atoms with Crippen LogP contribution >= 0.6 is 0 Å². The van der Waals surface area contributed by atoms with E-state index in [4.69, 9.17) is 0 Å². The molecule has 0 aliphatic rings. The van der Waals surface area contributed by atoms with Gasteiger partial charge in [0.15, 0.2) is 0 Å². The molecule has 0 rings (SSSR count). The molecule has 0 saturated carbocycles. The largest absolute Gasteiger partial charge is 0.342 e. The normalized spacial score (nSPS) is 7.64. The molecule has 0 spiro atoms. The van der Waals surface area contributed by atoms with Crippen molar-refractivity contribution in [1.82, 2.24) is 4.90 Å². The fraction of sp³-hybridized carbons (Fsp3) is 0.571. The van der Waals surface area contributed by atoms with Gasteiger partial charge in [-0.25, -0.2) is 0 Å². The number of hydrogen-bond acceptors (Lipinski definition) is 3. The molecule has 1 amide bonds. The minimum absolute atomic E-state index is 0.00292. The highest BCUT2D eigenvalue weighted by Crippen LogP contribution is 1.86. The van der Waals surface area contributed by atoms with Gasteiger partial charge in [-0.1, -0.05) is 13.5 Å². The zero-order valence-electron chi connectivity index (χ0n) is 7.21. The van der Waals surface area contributed by atoms with E-state index < -0.39 is 0 Å². The summed E-state index contributed by atoms with van der Waals surface area (Å²) in [6.07, 6.45) is 2.33. The number of hydrazine groups is 1. The molecule has 0 heterocycles. The van der Waals surface area contributed by atoms with Gasteiger partial charge in [-0.3, -0.25) is 16.5 Å². The molecule has 0 radical (unpaired) electrons. The predicted octanol–water partition coefficient (Wildman–Crippen LogP) is -0.140. The lowest BCUT2D eigenvalue weighted by atomic mass is 10.4. The van der Waals surface area contributed by atoms with Crippen molar-refractivity contribution in [3.05, 3.63) is 12.7 Å². The predicted molar refractivity (Wildman–Crippen MR) is 46.5 cm³/mol. The molecular weight excluding hydrogens is 142 g/mol. The van der Waals surface area contributed by atoms with Crippen molar-refractivity contribution < 1.29 is 4.79 Å². The van der Waals surface area contributed by atoms with Gasteiger partial charge in [0, 0.05) is 13.6 Å². The highest BCUT2D eigenvalue weighted by molar-refractivity contribution is 5.86. The Labute approximate surface area is 67.8 Å². The van der Waals surface area contributed by atoms with E-state index in [0.717, 1.165) is 13.0 Å². The second-order valence-corrected chi connectivity index (χ2v) is 1.96. The summed E-state index contributed by atoms with van der Waals surface area (Å²) in [6.45, 7) is 6.22. The van der Waals surface area contributed by atoms with Crippen LogP contribution in [0.25, 0.3) is 0 Å². The van der Waals surface area contributed by atoms with E-state index in [1.54, 1.807) is 11.9 Å². The maximum atomic E-state index is 10.7. The summed E-state index contributed by atoms with van der Waals surface area (Å²) >= 11 is 0. The summed E-state index contributed by atoms with van der Waals surface area (Å²) < 4.78 is 0. The van der Waals surface area contributed by atoms with Gasteiger partial charge in [-0.15, -0.1) is 0 Å². The molecule has 4 heteroatoms. The molecular formula is C7H17N3O. The van der Waals surface area contributed by atoms with Gasteiger partial charge >= 0.3 is 0 Å². The molecule has 0 bridgehead atoms. The maximum Gasteiger partial charge on any atom is 0.245 e. The fourth-order valence-electron chi connectivity index (χ4n) is 0.601. The van der Waals surface area contributed by atoms with E-state index in [0.29, 0.717) is 0 Å². The van der Waals surface area contributed by atoms with Gasteiger partial charge < -0.3 is 4.90 Å². The number of amides is 1. The van der Waals surface area contributed by atoms with Crippen molar-refractivity contribution in [2.24, 2.45) is 11.7 Å². The Balaban J connectivity index is 0. The molecule has 0 aromatic rings. The quantitative estimate of drug-likeness (QED) is 0.342. The van der Waals surface area contributed by atoms with E-state index in [9.17, 15) is 4.79 Å². The van der Waals surface area contributed by atoms with E-state index in [2.05, 4.69) is 18.3 Å². The highest BCUT2D eigenvalue weighted by atomic mass is 16.2. The number of carbonyl (C=O) groups is 1. The van der Waals surface area contributed by atoms with Crippen LogP contribution in [0.4, 0.5) is 0 Å². The first kappa shape index (κ1) is 12.8. The van der Waals surface area contributed by atoms with Crippen LogP contribution in [0.2, 0.25) is 0 Å². The molecule has 0 atom stereocenters. The van der Waals surface area contributed by atoms with Gasteiger partial charge in [-0.05, 0) is 12.5 Å². The smallest absolute Gasteiger partial charge is 0.245 e. The van der Waals surface area contributed by atoms with Crippen molar-refractivity contribution in [3.63, 3.8) is 0 Å². The average molecular weight is 159 g/mol. The fourth-order valence-corrected chi connectivity index (χ4v) is 0.601. The molecule has 4 N–H and O–H groups in total. The monoisotopic (exact) mass is 159 g/mol. The van der Waals surface area contributed by atoms with Crippen LogP contribution in [-0.4, -0.2) is 24.4 Å². The van der Waals surface area contributed by atoms with Crippen LogP contribution < -0.4 is 11.7 Å². The number of carbonyl (C=O) groups excluding carboxylic acids is 1. The third kappa shape index (κ3) is 7.02. The lowest BCUT2D eigenvalue weighted by Gasteiger charge is -2.12. The Kier molecular flexibility index (Phi) is 10.6. The first-order valence-electron chi connectivity index (χ1n) is 3.43. The van der Waals surface area contributed by atoms with Crippen molar-refractivity contribution in [2.75, 3.05) is 13.6 Å². The van der Waals surface area contributed by atoms with Gasteiger partial charge in [0.05, 0.1) is 0 Å². The second-order valence-electron chi connectivity index (χ2n) is 1.96. The standard InChI is InChI=1S/C7H13NO.H4N2/c1-4-6-8(3)7(9)5-2;1-2/h5H,2,4,6H2,1,3H3;1-2H2. The Bertz CT molecular complexity index is 114. The summed E-state index contributed by atoms with van der Waals surface area (Å²) in [7, 11) is 1.77. The zero-order valence-corrected chi connectivity index (χ0v) is 7.21. The Morgan fingerprint density at radius 2 is 2.09 bits per heavy atom. The van der Waals surface area contributed by atoms with Crippen LogP contribution in [0.1, 0.15) is 13.3 Å². The van der Waals surface area contributed by atoms with E-state index >= 15 is 0 Å². The minimum Gasteiger partial charge on any atom is -0.342 e. The summed E-state index contributed by atoms with van der Waals surface area (Å²) in [5.41, 5.74) is 0. The highest BCUT2D eigenvalue weighted by Gasteiger charge is 1.99. The first-order chi connectivity index (χ1) is 5.22. The Morgan fingerprint density at radius 1 is 1.64 bits per heavy atom. The van der Waals surface area contributed by atoms with E-state index in [1.807, 2.05) is 6.92 Å². The van der Waals surface area contributed by atoms with Gasteiger partial charge in [0.1, 0.15) is 0 Å². The van der Waals surface area contributed by atoms with Crippen molar-refractivity contribution in [3.8, 4) is 0 Å². The van der Waals surface area contributed by atoms with Gasteiger partial charge in [-0.2, -0.15) is 0 Å². The average Bonchev–Trinajstić information content (AvgIpc) is 2.07. The van der Waals surface area contributed by atoms with E-state index in [1.165, 1.54) is 6.08 Å². The summed E-state index contributed by atoms with van der Waals surface area (Å²) in [5, 5.41) is 0. The molecule has 11 heavy (non-hydrogen) atoms. The number of rotatable bonds is 3. The number of likely N-dealkylation sites (N-methyl/N-ethyl adjacent to an activating group) is 1. The van der Waals surface area contributed by atoms with Crippen LogP contribution in [0, 0.1) is 0 Å². The molecule has 0 aromatic heterocycles. The Hall–Kier alpha value is -0.870. The SMILES string of the molecule is C=CC(=O)N(C)CCC.NN. The van der Waals surface area contributed by atoms with E-state index in [-0.39, 0.29) is 5.91 Å². The molecule has 0 aromatic carbocycles.